The maximum atomic E-state index is 2.56. The van der Waals surface area contributed by atoms with Gasteiger partial charge in [0.2, 0.25) is 0 Å². The van der Waals surface area contributed by atoms with Crippen LogP contribution in [0, 0.1) is 7.14 Å². The van der Waals surface area contributed by atoms with Crippen LogP contribution in [0.5, 0.6) is 0 Å². The summed E-state index contributed by atoms with van der Waals surface area (Å²) in [7, 11) is 0. The van der Waals surface area contributed by atoms with Gasteiger partial charge in [-0.3, -0.25) is 0 Å². The van der Waals surface area contributed by atoms with E-state index in [1.54, 1.807) is 0 Å². The van der Waals surface area contributed by atoms with E-state index in [9.17, 15) is 0 Å². The summed E-state index contributed by atoms with van der Waals surface area (Å²) in [6, 6.07) is 54.1. The van der Waals surface area contributed by atoms with Crippen LogP contribution in [0.1, 0.15) is 0 Å². The predicted molar refractivity (Wildman–Crippen MR) is 216 cm³/mol. The molecule has 10 rings (SSSR count). The van der Waals surface area contributed by atoms with Gasteiger partial charge < -0.3 is 0 Å². The van der Waals surface area contributed by atoms with E-state index >= 15 is 0 Å². The Morgan fingerprint density at radius 3 is 1.37 bits per heavy atom. The molecule has 0 bridgehead atoms. The number of halogens is 2. The zero-order valence-corrected chi connectivity index (χ0v) is 28.9. The van der Waals surface area contributed by atoms with Gasteiger partial charge in [0, 0.05) is 12.5 Å². The van der Waals surface area contributed by atoms with Crippen molar-refractivity contribution < 1.29 is 0 Å². The molecule has 2 heteroatoms. The molecule has 0 spiro atoms. The zero-order valence-electron chi connectivity index (χ0n) is 24.6. The monoisotopic (exact) mass is 806 g/mol. The van der Waals surface area contributed by atoms with E-state index in [2.05, 4.69) is 191 Å². The second-order valence-electron chi connectivity index (χ2n) is 12.2. The molecule has 0 aliphatic heterocycles. The summed E-state index contributed by atoms with van der Waals surface area (Å²) in [5, 5.41) is 16.2. The highest BCUT2D eigenvalue weighted by atomic mass is 127. The van der Waals surface area contributed by atoms with Crippen molar-refractivity contribution in [1.82, 2.24) is 0 Å². The van der Waals surface area contributed by atoms with Crippen LogP contribution in [0.3, 0.4) is 0 Å². The number of hydrogen-bond acceptors (Lipinski definition) is 0. The molecule has 0 amide bonds. The highest BCUT2D eigenvalue weighted by Crippen LogP contribution is 2.53. The SMILES string of the molecule is Ic1cc(-c2ccccc2)c2c3ccc(-c4ccccc4)c4ccc5c6c(I)ccc(-c7ccccc7)c6c6ccc1c2c6c5c43. The fourth-order valence-corrected chi connectivity index (χ4v) is 9.54. The topological polar surface area (TPSA) is 0 Å². The standard InChI is InChI=1S/C44H24I2/c45-36-23-22-29(26-12-6-2-7-13-26)38-33-21-18-31-37(46)24-35(27-14-8-3-9-15-27)40-32-19-16-28(25-10-4-1-5-11-25)30-17-20-34(41(36)38)43(39(30)32)44(33)42(31)40/h1-24H. The summed E-state index contributed by atoms with van der Waals surface area (Å²) >= 11 is 5.12. The summed E-state index contributed by atoms with van der Waals surface area (Å²) in [5.74, 6) is 0. The van der Waals surface area contributed by atoms with Crippen molar-refractivity contribution in [3.63, 3.8) is 0 Å². The Morgan fingerprint density at radius 1 is 0.261 bits per heavy atom. The number of hydrogen-bond donors (Lipinski definition) is 0. The van der Waals surface area contributed by atoms with Crippen LogP contribution in [0.25, 0.3) is 98.0 Å². The Balaban J connectivity index is 1.54. The molecule has 0 aliphatic carbocycles. The van der Waals surface area contributed by atoms with E-state index in [0.29, 0.717) is 0 Å². The molecule has 0 aromatic heterocycles. The van der Waals surface area contributed by atoms with Crippen LogP contribution in [-0.2, 0) is 0 Å². The summed E-state index contributed by atoms with van der Waals surface area (Å²) in [6.07, 6.45) is 0. The molecule has 0 radical (unpaired) electrons. The van der Waals surface area contributed by atoms with Gasteiger partial charge in [-0.15, -0.1) is 0 Å². The minimum atomic E-state index is 1.25. The van der Waals surface area contributed by atoms with Gasteiger partial charge in [0.15, 0.2) is 0 Å². The fraction of sp³-hybridized carbons (Fsp3) is 0. The Labute approximate surface area is 293 Å². The van der Waals surface area contributed by atoms with Gasteiger partial charge in [-0.1, -0.05) is 133 Å². The Bertz CT molecular complexity index is 2780. The Morgan fingerprint density at radius 2 is 0.696 bits per heavy atom. The normalized spacial score (nSPS) is 12.1. The van der Waals surface area contributed by atoms with Crippen molar-refractivity contribution >= 4 is 110 Å². The molecule has 0 aliphatic rings. The van der Waals surface area contributed by atoms with Crippen LogP contribution < -0.4 is 0 Å². The molecule has 0 heterocycles. The lowest BCUT2D eigenvalue weighted by Crippen LogP contribution is -1.97. The highest BCUT2D eigenvalue weighted by Gasteiger charge is 2.25. The quantitative estimate of drug-likeness (QED) is 0.0948. The molecule has 10 aromatic rings. The first kappa shape index (κ1) is 26.9. The van der Waals surface area contributed by atoms with Crippen molar-refractivity contribution in [1.29, 1.82) is 0 Å². The summed E-state index contributed by atoms with van der Waals surface area (Å²) in [6.45, 7) is 0. The molecule has 0 saturated carbocycles. The molecule has 10 aromatic carbocycles. The largest absolute Gasteiger partial charge is 0.0622 e. The average molecular weight is 806 g/mol. The third-order valence-electron chi connectivity index (χ3n) is 9.90. The lowest BCUT2D eigenvalue weighted by Gasteiger charge is -2.24. The second-order valence-corrected chi connectivity index (χ2v) is 14.5. The second kappa shape index (κ2) is 10.1. The van der Waals surface area contributed by atoms with Gasteiger partial charge >= 0.3 is 0 Å². The van der Waals surface area contributed by atoms with Crippen molar-refractivity contribution in [3.05, 3.63) is 153 Å². The van der Waals surface area contributed by atoms with Gasteiger partial charge in [-0.05, 0) is 150 Å². The molecule has 0 fully saturated rings. The van der Waals surface area contributed by atoms with E-state index in [1.165, 1.54) is 105 Å². The Hall–Kier alpha value is -4.26. The third-order valence-corrected chi connectivity index (χ3v) is 11.7. The van der Waals surface area contributed by atoms with Crippen molar-refractivity contribution in [2.24, 2.45) is 0 Å². The first-order chi connectivity index (χ1) is 22.7. The van der Waals surface area contributed by atoms with Crippen LogP contribution >= 0.6 is 45.2 Å². The molecule has 0 saturated heterocycles. The van der Waals surface area contributed by atoms with Crippen LogP contribution in [0.4, 0.5) is 0 Å². The van der Waals surface area contributed by atoms with Gasteiger partial charge in [-0.25, -0.2) is 0 Å². The number of fused-ring (bicyclic) bond motifs is 4. The first-order valence-electron chi connectivity index (χ1n) is 15.6. The molecular formula is C44H24I2. The van der Waals surface area contributed by atoms with Crippen LogP contribution in [0.15, 0.2) is 146 Å². The van der Waals surface area contributed by atoms with E-state index in [-0.39, 0.29) is 0 Å². The van der Waals surface area contributed by atoms with E-state index < -0.39 is 0 Å². The predicted octanol–water partition coefficient (Wildman–Crippen LogP) is 13.7. The molecule has 0 nitrogen and oxygen atoms in total. The fourth-order valence-electron chi connectivity index (χ4n) is 8.04. The molecule has 0 N–H and O–H groups in total. The summed E-state index contributed by atoms with van der Waals surface area (Å²) < 4.78 is 2.57. The number of benzene rings is 10. The molecule has 0 atom stereocenters. The average Bonchev–Trinajstić information content (AvgIpc) is 3.12. The summed E-state index contributed by atoms with van der Waals surface area (Å²) in [4.78, 5) is 0. The van der Waals surface area contributed by atoms with Crippen molar-refractivity contribution in [2.45, 2.75) is 0 Å². The Kier molecular flexibility index (Phi) is 5.92. The smallest absolute Gasteiger partial charge is 0.0215 e. The minimum absolute atomic E-state index is 1.25. The van der Waals surface area contributed by atoms with Crippen molar-refractivity contribution in [3.8, 4) is 33.4 Å². The van der Waals surface area contributed by atoms with E-state index in [1.807, 2.05) is 0 Å². The minimum Gasteiger partial charge on any atom is -0.0622 e. The number of rotatable bonds is 3. The van der Waals surface area contributed by atoms with Gasteiger partial charge in [0.1, 0.15) is 0 Å². The van der Waals surface area contributed by atoms with Crippen LogP contribution in [-0.4, -0.2) is 0 Å². The maximum absolute atomic E-state index is 2.56. The molecular weight excluding hydrogens is 782 g/mol. The maximum Gasteiger partial charge on any atom is 0.0215 e. The molecule has 214 valence electrons. The van der Waals surface area contributed by atoms with Crippen LogP contribution in [0.2, 0.25) is 0 Å². The van der Waals surface area contributed by atoms with Gasteiger partial charge in [0.05, 0.1) is 0 Å². The van der Waals surface area contributed by atoms with E-state index in [0.717, 1.165) is 0 Å². The lowest BCUT2D eigenvalue weighted by atomic mass is 9.79. The van der Waals surface area contributed by atoms with Crippen molar-refractivity contribution in [2.75, 3.05) is 0 Å². The summed E-state index contributed by atoms with van der Waals surface area (Å²) in [5.41, 5.74) is 7.63. The first-order valence-corrected chi connectivity index (χ1v) is 17.7. The van der Waals surface area contributed by atoms with E-state index in [4.69, 9.17) is 0 Å². The lowest BCUT2D eigenvalue weighted by molar-refractivity contribution is 1.64. The van der Waals surface area contributed by atoms with Gasteiger partial charge in [0.25, 0.3) is 0 Å². The molecule has 0 unspecified atom stereocenters. The highest BCUT2D eigenvalue weighted by molar-refractivity contribution is 14.1. The third kappa shape index (κ3) is 3.66. The van der Waals surface area contributed by atoms with Gasteiger partial charge in [-0.2, -0.15) is 0 Å². The zero-order chi connectivity index (χ0) is 30.5. The molecule has 46 heavy (non-hydrogen) atoms.